The van der Waals surface area contributed by atoms with Crippen molar-refractivity contribution >= 4 is 5.69 Å². The molecule has 1 aromatic carbocycles. The Hall–Kier alpha value is -1.02. The largest absolute Gasteiger partial charge is 0.388 e. The first kappa shape index (κ1) is 14.0. The van der Waals surface area contributed by atoms with E-state index in [-0.39, 0.29) is 5.92 Å². The summed E-state index contributed by atoms with van der Waals surface area (Å²) in [6.45, 7) is 10.9. The second-order valence-electron chi connectivity index (χ2n) is 5.61. The highest BCUT2D eigenvalue weighted by Gasteiger charge is 2.24. The molecule has 0 fully saturated rings. The molecule has 17 heavy (non-hydrogen) atoms. The molecule has 2 heteroatoms. The number of para-hydroxylation sites is 1. The van der Waals surface area contributed by atoms with Gasteiger partial charge in [-0.3, -0.25) is 0 Å². The summed E-state index contributed by atoms with van der Waals surface area (Å²) in [5, 5.41) is 13.6. The Bertz CT molecular complexity index is 356. The lowest BCUT2D eigenvalue weighted by molar-refractivity contribution is 0.0266. The fourth-order valence-corrected chi connectivity index (χ4v) is 1.64. The van der Waals surface area contributed by atoms with E-state index in [0.29, 0.717) is 12.5 Å². The van der Waals surface area contributed by atoms with Gasteiger partial charge in [-0.2, -0.15) is 0 Å². The van der Waals surface area contributed by atoms with Crippen LogP contribution in [0.2, 0.25) is 0 Å². The quantitative estimate of drug-likeness (QED) is 0.817. The van der Waals surface area contributed by atoms with E-state index in [1.54, 1.807) is 0 Å². The molecule has 0 saturated heterocycles. The van der Waals surface area contributed by atoms with E-state index in [1.165, 1.54) is 5.56 Å². The summed E-state index contributed by atoms with van der Waals surface area (Å²) >= 11 is 0. The fraction of sp³-hybridized carbons (Fsp3) is 0.600. The van der Waals surface area contributed by atoms with Crippen LogP contribution < -0.4 is 5.32 Å². The molecule has 2 nitrogen and oxygen atoms in total. The van der Waals surface area contributed by atoms with Gasteiger partial charge in [0.25, 0.3) is 0 Å². The minimum atomic E-state index is -0.676. The lowest BCUT2D eigenvalue weighted by atomic mass is 9.92. The molecule has 0 aliphatic rings. The van der Waals surface area contributed by atoms with E-state index in [1.807, 2.05) is 26.8 Å². The van der Waals surface area contributed by atoms with E-state index in [9.17, 15) is 5.11 Å². The molecule has 0 bridgehead atoms. The van der Waals surface area contributed by atoms with E-state index < -0.39 is 5.60 Å². The van der Waals surface area contributed by atoms with Crippen molar-refractivity contribution < 1.29 is 5.11 Å². The number of hydrogen-bond acceptors (Lipinski definition) is 2. The van der Waals surface area contributed by atoms with Crippen LogP contribution in [0, 0.1) is 5.92 Å². The van der Waals surface area contributed by atoms with Crippen LogP contribution in [0.25, 0.3) is 0 Å². The van der Waals surface area contributed by atoms with Crippen molar-refractivity contribution in [2.45, 2.75) is 46.1 Å². The molecule has 0 aliphatic heterocycles. The normalized spacial score (nSPS) is 15.1. The third-order valence-electron chi connectivity index (χ3n) is 3.46. The molecule has 1 rings (SSSR count). The van der Waals surface area contributed by atoms with Crippen molar-refractivity contribution in [3.8, 4) is 0 Å². The van der Waals surface area contributed by atoms with Crippen LogP contribution in [0.5, 0.6) is 0 Å². The Kier molecular flexibility index (Phi) is 4.58. The number of rotatable bonds is 5. The molecule has 1 aromatic rings. The first-order valence-corrected chi connectivity index (χ1v) is 6.39. The minimum absolute atomic E-state index is 0.237. The van der Waals surface area contributed by atoms with Crippen molar-refractivity contribution in [2.24, 2.45) is 5.92 Å². The summed E-state index contributed by atoms with van der Waals surface area (Å²) in [5.41, 5.74) is 1.75. The predicted molar refractivity (Wildman–Crippen MR) is 74.5 cm³/mol. The molecule has 96 valence electrons. The van der Waals surface area contributed by atoms with Crippen LogP contribution in [0.15, 0.2) is 24.3 Å². The third-order valence-corrected chi connectivity index (χ3v) is 3.46. The molecule has 0 amide bonds. The maximum Gasteiger partial charge on any atom is 0.0813 e. The number of hydrogen-bond donors (Lipinski definition) is 2. The highest BCUT2D eigenvalue weighted by Crippen LogP contribution is 2.25. The second-order valence-corrected chi connectivity index (χ2v) is 5.61. The molecular weight excluding hydrogens is 210 g/mol. The highest BCUT2D eigenvalue weighted by atomic mass is 16.3. The van der Waals surface area contributed by atoms with E-state index >= 15 is 0 Å². The van der Waals surface area contributed by atoms with Crippen molar-refractivity contribution in [1.29, 1.82) is 0 Å². The monoisotopic (exact) mass is 235 g/mol. The summed E-state index contributed by atoms with van der Waals surface area (Å²) in [5.74, 6) is 0.726. The Balaban J connectivity index is 2.76. The Morgan fingerprint density at radius 2 is 1.76 bits per heavy atom. The molecule has 0 heterocycles. The van der Waals surface area contributed by atoms with Crippen LogP contribution in [0.1, 0.15) is 46.1 Å². The number of benzene rings is 1. The van der Waals surface area contributed by atoms with E-state index in [2.05, 4.69) is 37.4 Å². The topological polar surface area (TPSA) is 32.3 Å². The van der Waals surface area contributed by atoms with E-state index in [0.717, 1.165) is 5.69 Å². The van der Waals surface area contributed by atoms with Crippen molar-refractivity contribution in [2.75, 3.05) is 11.9 Å². The fourth-order valence-electron chi connectivity index (χ4n) is 1.64. The standard InChI is InChI=1S/C15H25NO/c1-11(2)13-8-6-7-9-14(13)16-10-15(5,17)12(3)4/h6-9,11-12,16-17H,10H2,1-5H3. The number of aliphatic hydroxyl groups is 1. The van der Waals surface area contributed by atoms with Gasteiger partial charge in [-0.05, 0) is 30.4 Å². The third kappa shape index (κ3) is 3.74. The molecule has 0 aromatic heterocycles. The Labute approximate surface area is 105 Å². The predicted octanol–water partition coefficient (Wildman–Crippen LogP) is 3.63. The first-order chi connectivity index (χ1) is 7.84. The summed E-state index contributed by atoms with van der Waals surface area (Å²) < 4.78 is 0. The Morgan fingerprint density at radius 1 is 1.18 bits per heavy atom. The van der Waals surface area contributed by atoms with Gasteiger partial charge in [0.15, 0.2) is 0 Å². The average Bonchev–Trinajstić information content (AvgIpc) is 2.26. The molecule has 0 radical (unpaired) electrons. The number of nitrogens with one attached hydrogen (secondary N) is 1. The summed E-state index contributed by atoms with van der Waals surface area (Å²) in [6, 6.07) is 8.29. The molecule has 0 saturated carbocycles. The summed E-state index contributed by atoms with van der Waals surface area (Å²) in [7, 11) is 0. The van der Waals surface area contributed by atoms with Crippen LogP contribution in [-0.2, 0) is 0 Å². The van der Waals surface area contributed by atoms with Crippen molar-refractivity contribution in [1.82, 2.24) is 0 Å². The Morgan fingerprint density at radius 3 is 2.29 bits per heavy atom. The van der Waals surface area contributed by atoms with Gasteiger partial charge in [0.1, 0.15) is 0 Å². The molecule has 0 aliphatic carbocycles. The molecule has 1 atom stereocenters. The summed E-state index contributed by atoms with van der Waals surface area (Å²) in [6.07, 6.45) is 0. The lowest BCUT2D eigenvalue weighted by Crippen LogP contribution is -2.38. The SMILES string of the molecule is CC(C)c1ccccc1NCC(C)(O)C(C)C. The van der Waals surface area contributed by atoms with Crippen LogP contribution in [0.3, 0.4) is 0 Å². The maximum atomic E-state index is 10.2. The van der Waals surface area contributed by atoms with Crippen molar-refractivity contribution in [3.05, 3.63) is 29.8 Å². The van der Waals surface area contributed by atoms with Crippen molar-refractivity contribution in [3.63, 3.8) is 0 Å². The lowest BCUT2D eigenvalue weighted by Gasteiger charge is -2.29. The minimum Gasteiger partial charge on any atom is -0.388 e. The summed E-state index contributed by atoms with van der Waals surface area (Å²) in [4.78, 5) is 0. The van der Waals surface area contributed by atoms with Crippen LogP contribution >= 0.6 is 0 Å². The molecule has 1 unspecified atom stereocenters. The highest BCUT2D eigenvalue weighted by molar-refractivity contribution is 5.52. The first-order valence-electron chi connectivity index (χ1n) is 6.39. The zero-order chi connectivity index (χ0) is 13.1. The average molecular weight is 235 g/mol. The smallest absolute Gasteiger partial charge is 0.0813 e. The van der Waals surface area contributed by atoms with Gasteiger partial charge in [-0.25, -0.2) is 0 Å². The van der Waals surface area contributed by atoms with Gasteiger partial charge in [0.2, 0.25) is 0 Å². The zero-order valence-corrected chi connectivity index (χ0v) is 11.6. The zero-order valence-electron chi connectivity index (χ0n) is 11.6. The van der Waals surface area contributed by atoms with Gasteiger partial charge >= 0.3 is 0 Å². The van der Waals surface area contributed by atoms with Crippen LogP contribution in [-0.4, -0.2) is 17.3 Å². The van der Waals surface area contributed by atoms with Gasteiger partial charge in [0, 0.05) is 12.2 Å². The van der Waals surface area contributed by atoms with Crippen LogP contribution in [0.4, 0.5) is 5.69 Å². The molecule has 2 N–H and O–H groups in total. The van der Waals surface area contributed by atoms with Gasteiger partial charge in [-0.1, -0.05) is 45.9 Å². The van der Waals surface area contributed by atoms with E-state index in [4.69, 9.17) is 0 Å². The molecular formula is C15H25NO. The van der Waals surface area contributed by atoms with Gasteiger partial charge < -0.3 is 10.4 Å². The maximum absolute atomic E-state index is 10.2. The van der Waals surface area contributed by atoms with Gasteiger partial charge in [0.05, 0.1) is 5.60 Å². The molecule has 0 spiro atoms. The number of anilines is 1. The second kappa shape index (κ2) is 5.54. The van der Waals surface area contributed by atoms with Gasteiger partial charge in [-0.15, -0.1) is 0 Å².